The maximum atomic E-state index is 11.0. The lowest BCUT2D eigenvalue weighted by atomic mass is 10.1. The first-order chi connectivity index (χ1) is 11.2. The van der Waals surface area contributed by atoms with Gasteiger partial charge >= 0.3 is 5.97 Å². The molecule has 0 aliphatic heterocycles. The molecule has 3 aromatic heterocycles. The standard InChI is InChI=1S/C16H9N3O3S/c17-8-10-3-5-13(16(20)21)19-12(10)6-4-11-9-18-15(23-11)14-2-1-7-22-14/h1-7,9H,(H,20,21)/b6-4+. The summed E-state index contributed by atoms with van der Waals surface area (Å²) in [7, 11) is 0. The van der Waals surface area contributed by atoms with Crippen molar-refractivity contribution in [3.05, 3.63) is 58.6 Å². The summed E-state index contributed by atoms with van der Waals surface area (Å²) in [6, 6.07) is 8.34. The summed E-state index contributed by atoms with van der Waals surface area (Å²) in [4.78, 5) is 20.0. The van der Waals surface area contributed by atoms with Gasteiger partial charge in [-0.3, -0.25) is 0 Å². The molecule has 0 aliphatic carbocycles. The van der Waals surface area contributed by atoms with Crippen molar-refractivity contribution in [3.63, 3.8) is 0 Å². The number of hydrogen-bond donors (Lipinski definition) is 1. The van der Waals surface area contributed by atoms with Gasteiger partial charge in [-0.05, 0) is 36.4 Å². The number of carbonyl (C=O) groups is 1. The number of thiazole rings is 1. The van der Waals surface area contributed by atoms with E-state index in [4.69, 9.17) is 14.8 Å². The molecule has 3 heterocycles. The Bertz CT molecular complexity index is 920. The molecule has 0 atom stereocenters. The summed E-state index contributed by atoms with van der Waals surface area (Å²) >= 11 is 1.42. The number of carboxylic acid groups (broad SMARTS) is 1. The van der Waals surface area contributed by atoms with Crippen LogP contribution in [0, 0.1) is 11.3 Å². The highest BCUT2D eigenvalue weighted by Gasteiger charge is 2.09. The van der Waals surface area contributed by atoms with Gasteiger partial charge in [-0.15, -0.1) is 11.3 Å². The van der Waals surface area contributed by atoms with Crippen molar-refractivity contribution in [2.75, 3.05) is 0 Å². The second-order valence-electron chi connectivity index (χ2n) is 4.42. The Kier molecular flexibility index (Phi) is 3.99. The van der Waals surface area contributed by atoms with Gasteiger partial charge in [0.15, 0.2) is 10.8 Å². The van der Waals surface area contributed by atoms with Crippen molar-refractivity contribution in [1.82, 2.24) is 9.97 Å². The molecule has 1 N–H and O–H groups in total. The quantitative estimate of drug-likeness (QED) is 0.788. The maximum absolute atomic E-state index is 11.0. The summed E-state index contributed by atoms with van der Waals surface area (Å²) in [5, 5.41) is 18.8. The predicted octanol–water partition coefficient (Wildman–Crippen LogP) is 3.54. The molecule has 0 aromatic carbocycles. The van der Waals surface area contributed by atoms with Crippen LogP contribution in [-0.2, 0) is 0 Å². The fraction of sp³-hybridized carbons (Fsp3) is 0. The molecule has 0 amide bonds. The van der Waals surface area contributed by atoms with Crippen LogP contribution in [0.3, 0.4) is 0 Å². The van der Waals surface area contributed by atoms with Gasteiger partial charge in [0.2, 0.25) is 0 Å². The molecular weight excluding hydrogens is 314 g/mol. The Hall–Kier alpha value is -3.24. The molecule has 0 saturated heterocycles. The summed E-state index contributed by atoms with van der Waals surface area (Å²) in [5.41, 5.74) is 0.506. The first-order valence-electron chi connectivity index (χ1n) is 6.49. The van der Waals surface area contributed by atoms with Crippen LogP contribution in [0.5, 0.6) is 0 Å². The highest BCUT2D eigenvalue weighted by atomic mass is 32.1. The van der Waals surface area contributed by atoms with Gasteiger partial charge in [-0.2, -0.15) is 5.26 Å². The fourth-order valence-corrected chi connectivity index (χ4v) is 2.64. The Morgan fingerprint density at radius 1 is 1.35 bits per heavy atom. The van der Waals surface area contributed by atoms with Crippen LogP contribution in [0.1, 0.15) is 26.6 Å². The Balaban J connectivity index is 1.89. The van der Waals surface area contributed by atoms with Crippen LogP contribution in [0.25, 0.3) is 22.9 Å². The molecule has 0 radical (unpaired) electrons. The number of furan rings is 1. The molecule has 0 bridgehead atoms. The van der Waals surface area contributed by atoms with E-state index >= 15 is 0 Å². The molecular formula is C16H9N3O3S. The van der Waals surface area contributed by atoms with Crippen LogP contribution in [0.2, 0.25) is 0 Å². The molecule has 0 saturated carbocycles. The third-order valence-corrected chi connectivity index (χ3v) is 3.90. The smallest absolute Gasteiger partial charge is 0.354 e. The van der Waals surface area contributed by atoms with E-state index < -0.39 is 5.97 Å². The Morgan fingerprint density at radius 2 is 2.22 bits per heavy atom. The molecule has 3 aromatic rings. The Labute approximate surface area is 135 Å². The molecule has 0 aliphatic rings. The largest absolute Gasteiger partial charge is 0.477 e. The van der Waals surface area contributed by atoms with E-state index in [1.54, 1.807) is 30.7 Å². The zero-order valence-electron chi connectivity index (χ0n) is 11.6. The van der Waals surface area contributed by atoms with Gasteiger partial charge < -0.3 is 9.52 Å². The van der Waals surface area contributed by atoms with Crippen molar-refractivity contribution >= 4 is 29.5 Å². The van der Waals surface area contributed by atoms with E-state index in [1.165, 1.54) is 23.5 Å². The number of carboxylic acids is 1. The lowest BCUT2D eigenvalue weighted by Gasteiger charge is -1.99. The highest BCUT2D eigenvalue weighted by molar-refractivity contribution is 7.15. The van der Waals surface area contributed by atoms with E-state index in [9.17, 15) is 4.79 Å². The average molecular weight is 323 g/mol. The highest BCUT2D eigenvalue weighted by Crippen LogP contribution is 2.26. The van der Waals surface area contributed by atoms with Crippen LogP contribution >= 0.6 is 11.3 Å². The van der Waals surface area contributed by atoms with E-state index in [-0.39, 0.29) is 5.69 Å². The van der Waals surface area contributed by atoms with Gasteiger partial charge in [0.25, 0.3) is 0 Å². The first-order valence-corrected chi connectivity index (χ1v) is 7.31. The van der Waals surface area contributed by atoms with Gasteiger partial charge in [0, 0.05) is 11.1 Å². The van der Waals surface area contributed by atoms with E-state index in [0.29, 0.717) is 17.0 Å². The van der Waals surface area contributed by atoms with Gasteiger partial charge in [-0.25, -0.2) is 14.8 Å². The van der Waals surface area contributed by atoms with E-state index in [2.05, 4.69) is 9.97 Å². The summed E-state index contributed by atoms with van der Waals surface area (Å²) in [6.07, 6.45) is 6.59. The molecule has 3 rings (SSSR count). The zero-order chi connectivity index (χ0) is 16.2. The third-order valence-electron chi connectivity index (χ3n) is 2.93. The summed E-state index contributed by atoms with van der Waals surface area (Å²) < 4.78 is 5.28. The van der Waals surface area contributed by atoms with Crippen LogP contribution in [-0.4, -0.2) is 21.0 Å². The minimum absolute atomic E-state index is 0.107. The number of nitriles is 1. The van der Waals surface area contributed by atoms with E-state index in [0.717, 1.165) is 9.88 Å². The molecule has 112 valence electrons. The molecule has 0 unspecified atom stereocenters. The topological polar surface area (TPSA) is 100 Å². The first kappa shape index (κ1) is 14.7. The monoisotopic (exact) mass is 323 g/mol. The van der Waals surface area contributed by atoms with E-state index in [1.807, 2.05) is 12.1 Å². The van der Waals surface area contributed by atoms with Gasteiger partial charge in [0.05, 0.1) is 17.5 Å². The molecule has 7 heteroatoms. The van der Waals surface area contributed by atoms with Crippen LogP contribution in [0.15, 0.2) is 41.1 Å². The number of hydrogen-bond acceptors (Lipinski definition) is 6. The minimum Gasteiger partial charge on any atom is -0.477 e. The second kappa shape index (κ2) is 6.25. The van der Waals surface area contributed by atoms with Gasteiger partial charge in [0.1, 0.15) is 11.8 Å². The molecule has 0 fully saturated rings. The SMILES string of the molecule is N#Cc1ccc(C(=O)O)nc1/C=C/c1cnc(-c2ccco2)s1. The number of nitrogens with zero attached hydrogens (tertiary/aromatic N) is 3. The molecule has 23 heavy (non-hydrogen) atoms. The molecule has 0 spiro atoms. The van der Waals surface area contributed by atoms with Crippen molar-refractivity contribution in [1.29, 1.82) is 5.26 Å². The second-order valence-corrected chi connectivity index (χ2v) is 5.49. The fourth-order valence-electron chi connectivity index (χ4n) is 1.85. The normalized spacial score (nSPS) is 10.7. The maximum Gasteiger partial charge on any atom is 0.354 e. The number of pyridine rings is 1. The molecule has 6 nitrogen and oxygen atoms in total. The minimum atomic E-state index is -1.14. The Morgan fingerprint density at radius 3 is 2.91 bits per heavy atom. The number of rotatable bonds is 4. The van der Waals surface area contributed by atoms with Crippen molar-refractivity contribution < 1.29 is 14.3 Å². The summed E-state index contributed by atoms with van der Waals surface area (Å²) in [6.45, 7) is 0. The lowest BCUT2D eigenvalue weighted by molar-refractivity contribution is 0.0690. The zero-order valence-corrected chi connectivity index (χ0v) is 12.4. The third kappa shape index (κ3) is 3.17. The summed E-state index contributed by atoms with van der Waals surface area (Å²) in [5.74, 6) is -0.458. The average Bonchev–Trinajstić information content (AvgIpc) is 3.23. The number of aromatic nitrogens is 2. The van der Waals surface area contributed by atoms with Crippen molar-refractivity contribution in [2.24, 2.45) is 0 Å². The van der Waals surface area contributed by atoms with Crippen LogP contribution in [0.4, 0.5) is 0 Å². The van der Waals surface area contributed by atoms with Crippen LogP contribution < -0.4 is 0 Å². The predicted molar refractivity (Wildman–Crippen MR) is 84.7 cm³/mol. The lowest BCUT2D eigenvalue weighted by Crippen LogP contribution is -2.02. The van der Waals surface area contributed by atoms with Crippen molar-refractivity contribution in [3.8, 4) is 16.8 Å². The van der Waals surface area contributed by atoms with Gasteiger partial charge in [-0.1, -0.05) is 0 Å². The number of aromatic carboxylic acids is 1. The van der Waals surface area contributed by atoms with Crippen molar-refractivity contribution in [2.45, 2.75) is 0 Å².